The van der Waals surface area contributed by atoms with E-state index in [2.05, 4.69) is 27.4 Å². The molecule has 1 fully saturated rings. The number of nitrogens with zero attached hydrogens (tertiary/aromatic N) is 3. The van der Waals surface area contributed by atoms with E-state index in [-0.39, 0.29) is 34.0 Å². The highest BCUT2D eigenvalue weighted by molar-refractivity contribution is 8.00. The molecule has 2 aliphatic rings. The van der Waals surface area contributed by atoms with E-state index in [1.165, 1.54) is 34.3 Å². The summed E-state index contributed by atoms with van der Waals surface area (Å²) in [6.45, 7) is 5.27. The van der Waals surface area contributed by atoms with Crippen LogP contribution in [0.4, 0.5) is 5.13 Å². The van der Waals surface area contributed by atoms with Crippen molar-refractivity contribution in [2.75, 3.05) is 11.9 Å². The molecule has 3 amide bonds. The lowest BCUT2D eigenvalue weighted by molar-refractivity contribution is -0.144. The standard InChI is InChI=1S/C17H17N5O6S2/c1-3-4-28-21-11(10-6-29-17(19-10)18-7-23)13(24)20-12-14(25)22-5-9(16(26)27)8(2)30-15(12)22/h3,5-8,12,15H,1,4H2,2H3,(H,20,24)(H,26,27)(H,18,19,23)/t8?,12?,15-/m1/s1. The molecule has 2 unspecified atom stereocenters. The van der Waals surface area contributed by atoms with Gasteiger partial charge in [0.15, 0.2) is 10.8 Å². The van der Waals surface area contributed by atoms with Gasteiger partial charge in [-0.15, -0.1) is 23.1 Å². The summed E-state index contributed by atoms with van der Waals surface area (Å²) in [6.07, 6.45) is 3.20. The molecule has 3 rings (SSSR count). The number of carboxylic acids is 1. The molecule has 0 aromatic carbocycles. The van der Waals surface area contributed by atoms with E-state index in [0.29, 0.717) is 6.41 Å². The number of amides is 3. The lowest BCUT2D eigenvalue weighted by Crippen LogP contribution is -2.69. The number of thioether (sulfide) groups is 1. The second kappa shape index (κ2) is 9.09. The normalized spacial score (nSPS) is 22.9. The van der Waals surface area contributed by atoms with Gasteiger partial charge < -0.3 is 25.5 Å². The van der Waals surface area contributed by atoms with Crippen molar-refractivity contribution in [1.82, 2.24) is 15.2 Å². The van der Waals surface area contributed by atoms with Gasteiger partial charge in [-0.1, -0.05) is 17.8 Å². The van der Waals surface area contributed by atoms with Crippen LogP contribution in [-0.4, -0.2) is 68.2 Å². The highest BCUT2D eigenvalue weighted by atomic mass is 32.2. The molecule has 0 aliphatic carbocycles. The monoisotopic (exact) mass is 451 g/mol. The van der Waals surface area contributed by atoms with E-state index in [9.17, 15) is 24.3 Å². The summed E-state index contributed by atoms with van der Waals surface area (Å²) in [4.78, 5) is 57.5. The smallest absolute Gasteiger partial charge is 0.334 e. The summed E-state index contributed by atoms with van der Waals surface area (Å²) >= 11 is 2.35. The lowest BCUT2D eigenvalue weighted by atomic mass is 10.1. The number of carbonyl (C=O) groups excluding carboxylic acids is 3. The van der Waals surface area contributed by atoms with Gasteiger partial charge in [-0.05, 0) is 6.92 Å². The van der Waals surface area contributed by atoms with Crippen molar-refractivity contribution in [3.05, 3.63) is 35.5 Å². The zero-order valence-corrected chi connectivity index (χ0v) is 17.2. The maximum absolute atomic E-state index is 12.8. The van der Waals surface area contributed by atoms with Crippen LogP contribution in [0, 0.1) is 0 Å². The van der Waals surface area contributed by atoms with Gasteiger partial charge in [-0.3, -0.25) is 14.4 Å². The first-order valence-corrected chi connectivity index (χ1v) is 10.4. The molecule has 11 nitrogen and oxygen atoms in total. The van der Waals surface area contributed by atoms with Crippen LogP contribution >= 0.6 is 23.1 Å². The minimum absolute atomic E-state index is 0.0508. The fraction of sp³-hybridized carbons (Fsp3) is 0.294. The molecule has 158 valence electrons. The summed E-state index contributed by atoms with van der Waals surface area (Å²) in [7, 11) is 0. The molecule has 3 heterocycles. The number of rotatable bonds is 9. The SMILES string of the molecule is C=CCON=C(C(=O)NC1C(=O)N2C=C(C(=O)O)C(C)S[C@H]12)c1csc(NC=O)n1. The second-order valence-electron chi connectivity index (χ2n) is 6.08. The first-order valence-electron chi connectivity index (χ1n) is 8.57. The van der Waals surface area contributed by atoms with Crippen LogP contribution in [0.25, 0.3) is 0 Å². The van der Waals surface area contributed by atoms with Crippen LogP contribution in [0.1, 0.15) is 12.6 Å². The quantitative estimate of drug-likeness (QED) is 0.122. The van der Waals surface area contributed by atoms with E-state index < -0.39 is 29.2 Å². The van der Waals surface area contributed by atoms with Crippen molar-refractivity contribution in [3.63, 3.8) is 0 Å². The van der Waals surface area contributed by atoms with Crippen LogP contribution in [0.5, 0.6) is 0 Å². The van der Waals surface area contributed by atoms with Crippen molar-refractivity contribution in [2.45, 2.75) is 23.6 Å². The van der Waals surface area contributed by atoms with Gasteiger partial charge in [-0.25, -0.2) is 9.78 Å². The Balaban J connectivity index is 1.77. The topological polar surface area (TPSA) is 150 Å². The van der Waals surface area contributed by atoms with Crippen molar-refractivity contribution < 1.29 is 29.1 Å². The predicted molar refractivity (Wildman–Crippen MR) is 110 cm³/mol. The third-order valence-corrected chi connectivity index (χ3v) is 6.38. The van der Waals surface area contributed by atoms with Crippen LogP contribution in [0.3, 0.4) is 0 Å². The van der Waals surface area contributed by atoms with Gasteiger partial charge in [0.1, 0.15) is 23.7 Å². The Labute approximate surface area is 178 Å². The first kappa shape index (κ1) is 21.5. The molecular weight excluding hydrogens is 434 g/mol. The molecule has 0 saturated carbocycles. The van der Waals surface area contributed by atoms with Crippen molar-refractivity contribution >= 4 is 58.1 Å². The van der Waals surface area contributed by atoms with Gasteiger partial charge in [0.2, 0.25) is 6.41 Å². The number of β-lactam (4-membered cyclic amide) rings is 1. The molecule has 1 aromatic heterocycles. The molecule has 3 N–H and O–H groups in total. The highest BCUT2D eigenvalue weighted by Crippen LogP contribution is 2.40. The Morgan fingerprint density at radius 1 is 1.50 bits per heavy atom. The van der Waals surface area contributed by atoms with E-state index in [1.54, 1.807) is 6.92 Å². The zero-order valence-electron chi connectivity index (χ0n) is 15.6. The van der Waals surface area contributed by atoms with Crippen LogP contribution in [0.15, 0.2) is 35.0 Å². The maximum atomic E-state index is 12.8. The molecule has 13 heteroatoms. The van der Waals surface area contributed by atoms with E-state index in [4.69, 9.17) is 4.84 Å². The summed E-state index contributed by atoms with van der Waals surface area (Å²) in [5.74, 6) is -2.22. The average Bonchev–Trinajstić information content (AvgIpc) is 3.17. The number of carboxylic acid groups (broad SMARTS) is 1. The molecule has 3 atom stereocenters. The molecule has 30 heavy (non-hydrogen) atoms. The number of aliphatic carboxylic acids is 1. The Kier molecular flexibility index (Phi) is 6.52. The Morgan fingerprint density at radius 2 is 2.27 bits per heavy atom. The van der Waals surface area contributed by atoms with Crippen molar-refractivity contribution in [3.8, 4) is 0 Å². The number of aromatic nitrogens is 1. The maximum Gasteiger partial charge on any atom is 0.334 e. The third kappa shape index (κ3) is 4.21. The fourth-order valence-corrected chi connectivity index (χ4v) is 4.75. The average molecular weight is 451 g/mol. The Morgan fingerprint density at radius 3 is 2.93 bits per heavy atom. The number of carbonyl (C=O) groups is 4. The number of anilines is 1. The number of fused-ring (bicyclic) bond motifs is 1. The van der Waals surface area contributed by atoms with Crippen molar-refractivity contribution in [1.29, 1.82) is 0 Å². The molecule has 0 radical (unpaired) electrons. The van der Waals surface area contributed by atoms with E-state index in [1.807, 2.05) is 0 Å². The minimum Gasteiger partial charge on any atom is -0.478 e. The molecule has 1 aromatic rings. The van der Waals surface area contributed by atoms with Gasteiger partial charge in [0, 0.05) is 16.8 Å². The molecule has 0 bridgehead atoms. The predicted octanol–water partition coefficient (Wildman–Crippen LogP) is 0.375. The minimum atomic E-state index is -1.09. The highest BCUT2D eigenvalue weighted by Gasteiger charge is 2.51. The molecular formula is C17H17N5O6S2. The van der Waals surface area contributed by atoms with E-state index >= 15 is 0 Å². The number of oxime groups is 1. The number of thiazole rings is 1. The Bertz CT molecular complexity index is 958. The summed E-state index contributed by atoms with van der Waals surface area (Å²) in [5, 5.41) is 19.0. The third-order valence-electron chi connectivity index (χ3n) is 4.17. The number of nitrogens with one attached hydrogen (secondary N) is 2. The van der Waals surface area contributed by atoms with Crippen LogP contribution < -0.4 is 10.6 Å². The molecule has 2 aliphatic heterocycles. The summed E-state index contributed by atoms with van der Waals surface area (Å²) in [6, 6.07) is -0.854. The van der Waals surface area contributed by atoms with Gasteiger partial charge in [0.25, 0.3) is 11.8 Å². The van der Waals surface area contributed by atoms with Gasteiger partial charge >= 0.3 is 5.97 Å². The van der Waals surface area contributed by atoms with Crippen molar-refractivity contribution in [2.24, 2.45) is 5.16 Å². The van der Waals surface area contributed by atoms with Gasteiger partial charge in [-0.2, -0.15) is 0 Å². The molecule has 0 spiro atoms. The largest absolute Gasteiger partial charge is 0.478 e. The van der Waals surface area contributed by atoms with E-state index in [0.717, 1.165) is 11.3 Å². The number of hydrogen-bond acceptors (Lipinski definition) is 9. The molecule has 1 saturated heterocycles. The lowest BCUT2D eigenvalue weighted by Gasteiger charge is -2.48. The fourth-order valence-electron chi connectivity index (χ4n) is 2.73. The second-order valence-corrected chi connectivity index (χ2v) is 8.40. The summed E-state index contributed by atoms with van der Waals surface area (Å²) in [5.41, 5.74) is 0.105. The van der Waals surface area contributed by atoms with Crippen LogP contribution in [-0.2, 0) is 24.0 Å². The van der Waals surface area contributed by atoms with Gasteiger partial charge in [0.05, 0.1) is 5.57 Å². The zero-order chi connectivity index (χ0) is 21.8. The number of hydrogen-bond donors (Lipinski definition) is 3. The first-order chi connectivity index (χ1) is 14.4. The Hall–Kier alpha value is -3.19. The summed E-state index contributed by atoms with van der Waals surface area (Å²) < 4.78 is 0. The van der Waals surface area contributed by atoms with Crippen LogP contribution in [0.2, 0.25) is 0 Å².